The van der Waals surface area contributed by atoms with Crippen LogP contribution in [0, 0.1) is 0 Å². The number of nitrogens with zero attached hydrogens (tertiary/aromatic N) is 1. The number of hydrogen-bond acceptors (Lipinski definition) is 4. The van der Waals surface area contributed by atoms with Gasteiger partial charge in [-0.1, -0.05) is 19.1 Å². The first-order chi connectivity index (χ1) is 10.1. The Morgan fingerprint density at radius 2 is 1.81 bits per heavy atom. The van der Waals surface area contributed by atoms with Crippen LogP contribution in [0.15, 0.2) is 24.3 Å². The van der Waals surface area contributed by atoms with Crippen molar-refractivity contribution in [3.05, 3.63) is 29.8 Å². The number of carbonyl (C=O) groups excluding carboxylic acids is 2. The third-order valence-corrected chi connectivity index (χ3v) is 2.99. The first-order valence-corrected chi connectivity index (χ1v) is 7.17. The lowest BCUT2D eigenvalue weighted by Crippen LogP contribution is -2.38. The lowest BCUT2D eigenvalue weighted by Gasteiger charge is -2.21. The van der Waals surface area contributed by atoms with Crippen LogP contribution in [0.3, 0.4) is 0 Å². The van der Waals surface area contributed by atoms with E-state index >= 15 is 0 Å². The van der Waals surface area contributed by atoms with Crippen LogP contribution in [0.4, 0.5) is 0 Å². The van der Waals surface area contributed by atoms with Gasteiger partial charge in [-0.15, -0.1) is 0 Å². The van der Waals surface area contributed by atoms with E-state index in [1.165, 1.54) is 0 Å². The van der Waals surface area contributed by atoms with Crippen LogP contribution >= 0.6 is 0 Å². The Morgan fingerprint density at radius 3 is 2.33 bits per heavy atom. The van der Waals surface area contributed by atoms with E-state index < -0.39 is 0 Å². The summed E-state index contributed by atoms with van der Waals surface area (Å²) < 4.78 is 9.98. The van der Waals surface area contributed by atoms with E-state index in [1.807, 2.05) is 31.2 Å². The molecule has 0 heterocycles. The fourth-order valence-electron chi connectivity index (χ4n) is 1.95. The van der Waals surface area contributed by atoms with Crippen molar-refractivity contribution in [2.45, 2.75) is 26.7 Å². The molecule has 0 saturated carbocycles. The predicted molar refractivity (Wildman–Crippen MR) is 80.2 cm³/mol. The van der Waals surface area contributed by atoms with E-state index in [0.717, 1.165) is 17.7 Å². The number of benzene rings is 1. The Balaban J connectivity index is 2.64. The van der Waals surface area contributed by atoms with Crippen LogP contribution in [0.1, 0.15) is 25.8 Å². The molecule has 0 bridgehead atoms. The van der Waals surface area contributed by atoms with Gasteiger partial charge in [-0.3, -0.25) is 9.59 Å². The third kappa shape index (κ3) is 5.85. The second kappa shape index (κ2) is 9.00. The SMILES string of the molecule is CCCN(CC(=O)OCC)C(=O)Cc1ccc(OC)cc1. The number of rotatable bonds is 8. The van der Waals surface area contributed by atoms with Crippen molar-refractivity contribution in [1.29, 1.82) is 0 Å². The maximum absolute atomic E-state index is 12.3. The lowest BCUT2D eigenvalue weighted by molar-refractivity contribution is -0.148. The predicted octanol–water partition coefficient (Wildman–Crippen LogP) is 2.04. The van der Waals surface area contributed by atoms with E-state index in [-0.39, 0.29) is 24.8 Å². The van der Waals surface area contributed by atoms with E-state index in [9.17, 15) is 9.59 Å². The summed E-state index contributed by atoms with van der Waals surface area (Å²) in [5.74, 6) is 0.312. The fourth-order valence-corrected chi connectivity index (χ4v) is 1.95. The summed E-state index contributed by atoms with van der Waals surface area (Å²) in [5, 5.41) is 0. The molecule has 1 aromatic rings. The van der Waals surface area contributed by atoms with Crippen LogP contribution in [0.2, 0.25) is 0 Å². The maximum atomic E-state index is 12.3. The van der Waals surface area contributed by atoms with Gasteiger partial charge in [0, 0.05) is 6.54 Å². The Labute approximate surface area is 125 Å². The van der Waals surface area contributed by atoms with Crippen molar-refractivity contribution in [2.75, 3.05) is 26.8 Å². The molecule has 0 aromatic heterocycles. The summed E-state index contributed by atoms with van der Waals surface area (Å²) >= 11 is 0. The zero-order valence-corrected chi connectivity index (χ0v) is 12.9. The number of carbonyl (C=O) groups is 2. The van der Waals surface area contributed by atoms with E-state index in [2.05, 4.69) is 0 Å². The second-order valence-electron chi connectivity index (χ2n) is 4.65. The Kier molecular flexibility index (Phi) is 7.29. The smallest absolute Gasteiger partial charge is 0.325 e. The van der Waals surface area contributed by atoms with Crippen molar-refractivity contribution in [1.82, 2.24) is 4.90 Å². The monoisotopic (exact) mass is 293 g/mol. The minimum atomic E-state index is -0.367. The standard InChI is InChI=1S/C16H23NO4/c1-4-10-17(12-16(19)21-5-2)15(18)11-13-6-8-14(20-3)9-7-13/h6-9H,4-5,10-12H2,1-3H3. The Morgan fingerprint density at radius 1 is 1.14 bits per heavy atom. The summed E-state index contributed by atoms with van der Waals surface area (Å²) in [7, 11) is 1.60. The van der Waals surface area contributed by atoms with Gasteiger partial charge < -0.3 is 14.4 Å². The molecule has 1 amide bonds. The number of methoxy groups -OCH3 is 1. The zero-order valence-electron chi connectivity index (χ0n) is 12.9. The number of hydrogen-bond donors (Lipinski definition) is 0. The zero-order chi connectivity index (χ0) is 15.7. The highest BCUT2D eigenvalue weighted by molar-refractivity contribution is 5.83. The number of amides is 1. The van der Waals surface area contributed by atoms with Crippen LogP contribution in [0.5, 0.6) is 5.75 Å². The average Bonchev–Trinajstić information content (AvgIpc) is 2.48. The Hall–Kier alpha value is -2.04. The van der Waals surface area contributed by atoms with E-state index in [0.29, 0.717) is 13.2 Å². The first kappa shape index (κ1) is 17.0. The molecular weight excluding hydrogens is 270 g/mol. The van der Waals surface area contributed by atoms with Crippen molar-refractivity contribution in [2.24, 2.45) is 0 Å². The molecule has 0 unspecified atom stereocenters. The average molecular weight is 293 g/mol. The van der Waals surface area contributed by atoms with Crippen LogP contribution in [-0.4, -0.2) is 43.6 Å². The van der Waals surface area contributed by atoms with Crippen LogP contribution < -0.4 is 4.74 Å². The van der Waals surface area contributed by atoms with Crippen LogP contribution in [0.25, 0.3) is 0 Å². The normalized spacial score (nSPS) is 10.0. The Bertz CT molecular complexity index is 456. The van der Waals surface area contributed by atoms with Crippen molar-refractivity contribution >= 4 is 11.9 Å². The van der Waals surface area contributed by atoms with Gasteiger partial charge in [0.1, 0.15) is 12.3 Å². The van der Waals surface area contributed by atoms with E-state index in [4.69, 9.17) is 9.47 Å². The molecule has 5 heteroatoms. The molecule has 0 atom stereocenters. The molecule has 1 rings (SSSR count). The summed E-state index contributed by atoms with van der Waals surface area (Å²) in [6.07, 6.45) is 1.07. The van der Waals surface area contributed by atoms with Gasteiger partial charge in [-0.2, -0.15) is 0 Å². The molecule has 0 N–H and O–H groups in total. The van der Waals surface area contributed by atoms with Gasteiger partial charge in [0.25, 0.3) is 0 Å². The minimum absolute atomic E-state index is 0.0106. The molecule has 0 fully saturated rings. The van der Waals surface area contributed by atoms with Gasteiger partial charge in [0.15, 0.2) is 0 Å². The van der Waals surface area contributed by atoms with Crippen molar-refractivity contribution < 1.29 is 19.1 Å². The van der Waals surface area contributed by atoms with Gasteiger partial charge in [-0.25, -0.2) is 0 Å². The molecule has 0 aliphatic heterocycles. The van der Waals surface area contributed by atoms with Crippen molar-refractivity contribution in [3.8, 4) is 5.75 Å². The fraction of sp³-hybridized carbons (Fsp3) is 0.500. The molecule has 0 aliphatic rings. The molecule has 0 spiro atoms. The molecule has 21 heavy (non-hydrogen) atoms. The van der Waals surface area contributed by atoms with Gasteiger partial charge in [0.05, 0.1) is 20.1 Å². The maximum Gasteiger partial charge on any atom is 0.325 e. The summed E-state index contributed by atoms with van der Waals surface area (Å²) in [6, 6.07) is 7.34. The molecule has 0 radical (unpaired) electrons. The quantitative estimate of drug-likeness (QED) is 0.688. The lowest BCUT2D eigenvalue weighted by atomic mass is 10.1. The highest BCUT2D eigenvalue weighted by Crippen LogP contribution is 2.12. The molecule has 1 aromatic carbocycles. The minimum Gasteiger partial charge on any atom is -0.497 e. The second-order valence-corrected chi connectivity index (χ2v) is 4.65. The van der Waals surface area contributed by atoms with Gasteiger partial charge >= 0.3 is 5.97 Å². The number of esters is 1. The van der Waals surface area contributed by atoms with Gasteiger partial charge in [-0.05, 0) is 31.0 Å². The highest BCUT2D eigenvalue weighted by atomic mass is 16.5. The van der Waals surface area contributed by atoms with E-state index in [1.54, 1.807) is 18.9 Å². The summed E-state index contributed by atoms with van der Waals surface area (Å²) in [6.45, 7) is 4.61. The molecular formula is C16H23NO4. The molecule has 0 aliphatic carbocycles. The third-order valence-electron chi connectivity index (χ3n) is 2.99. The molecule has 116 valence electrons. The molecule has 0 saturated heterocycles. The largest absolute Gasteiger partial charge is 0.497 e. The highest BCUT2D eigenvalue weighted by Gasteiger charge is 2.17. The van der Waals surface area contributed by atoms with Crippen molar-refractivity contribution in [3.63, 3.8) is 0 Å². The van der Waals surface area contributed by atoms with Crippen LogP contribution in [-0.2, 0) is 20.7 Å². The topological polar surface area (TPSA) is 55.8 Å². The summed E-state index contributed by atoms with van der Waals surface area (Å²) in [5.41, 5.74) is 0.894. The summed E-state index contributed by atoms with van der Waals surface area (Å²) in [4.78, 5) is 25.4. The molecule has 5 nitrogen and oxygen atoms in total. The van der Waals surface area contributed by atoms with Gasteiger partial charge in [0.2, 0.25) is 5.91 Å². The first-order valence-electron chi connectivity index (χ1n) is 7.17. The number of ether oxygens (including phenoxy) is 2.